The molecule has 26 heavy (non-hydrogen) atoms. The van der Waals surface area contributed by atoms with Gasteiger partial charge in [-0.3, -0.25) is 9.52 Å². The monoisotopic (exact) mass is 370 g/mol. The Bertz CT molecular complexity index is 888. The maximum Gasteiger partial charge on any atom is 0.261 e. The first kappa shape index (κ1) is 18.2. The predicted octanol–water partition coefficient (Wildman–Crippen LogP) is 3.72. The predicted molar refractivity (Wildman–Crippen MR) is 103 cm³/mol. The number of rotatable bonds is 6. The van der Waals surface area contributed by atoms with Crippen LogP contribution >= 0.6 is 0 Å². The molecule has 0 saturated carbocycles. The summed E-state index contributed by atoms with van der Waals surface area (Å²) in [5.41, 5.74) is 2.20. The molecule has 0 aromatic heterocycles. The molecular formula is C20H22N2O3S. The van der Waals surface area contributed by atoms with Gasteiger partial charge in [0.25, 0.3) is 15.9 Å². The number of anilines is 1. The number of hydrogen-bond acceptors (Lipinski definition) is 3. The number of carbonyl (C=O) groups excluding carboxylic acids is 1. The Morgan fingerprint density at radius 3 is 2.35 bits per heavy atom. The number of nitrogens with one attached hydrogen (secondary N) is 2. The first-order valence-corrected chi connectivity index (χ1v) is 10.2. The van der Waals surface area contributed by atoms with Crippen LogP contribution in [0.15, 0.2) is 71.1 Å². The highest BCUT2D eigenvalue weighted by atomic mass is 32.2. The van der Waals surface area contributed by atoms with E-state index >= 15 is 0 Å². The van der Waals surface area contributed by atoms with Gasteiger partial charge in [-0.25, -0.2) is 8.42 Å². The average molecular weight is 370 g/mol. The van der Waals surface area contributed by atoms with E-state index in [9.17, 15) is 13.2 Å². The summed E-state index contributed by atoms with van der Waals surface area (Å²) in [7, 11) is -3.63. The Morgan fingerprint density at radius 2 is 1.69 bits per heavy atom. The zero-order valence-corrected chi connectivity index (χ0v) is 15.3. The van der Waals surface area contributed by atoms with Crippen molar-refractivity contribution in [1.82, 2.24) is 5.32 Å². The summed E-state index contributed by atoms with van der Waals surface area (Å²) in [6.45, 7) is 0.571. The van der Waals surface area contributed by atoms with Crippen molar-refractivity contribution in [3.63, 3.8) is 0 Å². The Hall–Kier alpha value is -2.60. The molecule has 2 aromatic carbocycles. The number of amides is 1. The van der Waals surface area contributed by atoms with E-state index < -0.39 is 10.0 Å². The lowest BCUT2D eigenvalue weighted by molar-refractivity contribution is 0.0956. The molecule has 0 heterocycles. The largest absolute Gasteiger partial charge is 0.348 e. The number of allylic oxidation sites excluding steroid dienone is 1. The van der Waals surface area contributed by atoms with Crippen molar-refractivity contribution >= 4 is 21.6 Å². The summed E-state index contributed by atoms with van der Waals surface area (Å²) in [5, 5.41) is 2.92. The van der Waals surface area contributed by atoms with E-state index in [1.54, 1.807) is 42.5 Å². The van der Waals surface area contributed by atoms with Gasteiger partial charge in [0, 0.05) is 17.8 Å². The Balaban J connectivity index is 1.61. The molecule has 1 aliphatic rings. The van der Waals surface area contributed by atoms with E-state index in [1.165, 1.54) is 30.5 Å². The third-order valence-corrected chi connectivity index (χ3v) is 5.71. The molecule has 0 bridgehead atoms. The smallest absolute Gasteiger partial charge is 0.261 e. The fourth-order valence-corrected chi connectivity index (χ4v) is 3.94. The number of carbonyl (C=O) groups is 1. The van der Waals surface area contributed by atoms with Crippen LogP contribution in [0.4, 0.5) is 5.69 Å². The highest BCUT2D eigenvalue weighted by Crippen LogP contribution is 2.18. The lowest BCUT2D eigenvalue weighted by atomic mass is 9.99. The van der Waals surface area contributed by atoms with Gasteiger partial charge in [0.05, 0.1) is 4.90 Å². The molecule has 2 N–H and O–H groups in total. The van der Waals surface area contributed by atoms with Gasteiger partial charge in [0.15, 0.2) is 0 Å². The van der Waals surface area contributed by atoms with Gasteiger partial charge < -0.3 is 5.32 Å². The molecule has 2 aromatic rings. The van der Waals surface area contributed by atoms with Crippen molar-refractivity contribution in [3.8, 4) is 0 Å². The van der Waals surface area contributed by atoms with Crippen molar-refractivity contribution in [2.75, 3.05) is 11.3 Å². The molecule has 3 rings (SSSR count). The van der Waals surface area contributed by atoms with Gasteiger partial charge >= 0.3 is 0 Å². The number of sulfonamides is 1. The van der Waals surface area contributed by atoms with Crippen LogP contribution in [0.5, 0.6) is 0 Å². The first-order chi connectivity index (χ1) is 12.5. The molecule has 1 aliphatic carbocycles. The van der Waals surface area contributed by atoms with Crippen molar-refractivity contribution in [1.29, 1.82) is 0 Å². The van der Waals surface area contributed by atoms with Gasteiger partial charge in [0.1, 0.15) is 0 Å². The Labute approximate surface area is 154 Å². The summed E-state index contributed by atoms with van der Waals surface area (Å²) >= 11 is 0. The summed E-state index contributed by atoms with van der Waals surface area (Å²) < 4.78 is 27.1. The number of hydrogen-bond donors (Lipinski definition) is 2. The first-order valence-electron chi connectivity index (χ1n) is 8.69. The maximum absolute atomic E-state index is 12.3. The minimum Gasteiger partial charge on any atom is -0.348 e. The average Bonchev–Trinajstić information content (AvgIpc) is 2.68. The van der Waals surface area contributed by atoms with Crippen LogP contribution in [0, 0.1) is 0 Å². The Kier molecular flexibility index (Phi) is 5.73. The summed E-state index contributed by atoms with van der Waals surface area (Å²) in [6.07, 6.45) is 6.73. The fourth-order valence-electron chi connectivity index (χ4n) is 2.86. The highest BCUT2D eigenvalue weighted by molar-refractivity contribution is 7.92. The lowest BCUT2D eigenvalue weighted by Gasteiger charge is -2.13. The van der Waals surface area contributed by atoms with Crippen molar-refractivity contribution < 1.29 is 13.2 Å². The Morgan fingerprint density at radius 1 is 0.962 bits per heavy atom. The van der Waals surface area contributed by atoms with E-state index in [4.69, 9.17) is 0 Å². The molecule has 5 nitrogen and oxygen atoms in total. The van der Waals surface area contributed by atoms with E-state index in [-0.39, 0.29) is 10.8 Å². The van der Waals surface area contributed by atoms with Gasteiger partial charge in [-0.2, -0.15) is 0 Å². The maximum atomic E-state index is 12.3. The van der Waals surface area contributed by atoms with Crippen LogP contribution in [-0.4, -0.2) is 20.9 Å². The molecular weight excluding hydrogens is 348 g/mol. The van der Waals surface area contributed by atoms with Gasteiger partial charge in [-0.05, 0) is 62.1 Å². The summed E-state index contributed by atoms with van der Waals surface area (Å²) in [5.74, 6) is -0.158. The molecule has 0 aliphatic heterocycles. The molecule has 6 heteroatoms. The second kappa shape index (κ2) is 8.19. The standard InChI is InChI=1S/C20H22N2O3S/c23-20(21-15-16-7-3-1-4-8-16)17-11-13-18(14-12-17)22-26(24,25)19-9-5-2-6-10-19/h2,5-7,9-14,22H,1,3-4,8,15H2,(H,21,23). The van der Waals surface area contributed by atoms with Gasteiger partial charge in [0.2, 0.25) is 0 Å². The quantitative estimate of drug-likeness (QED) is 0.761. The second-order valence-corrected chi connectivity index (χ2v) is 7.97. The molecule has 0 saturated heterocycles. The summed E-state index contributed by atoms with van der Waals surface area (Å²) in [6, 6.07) is 14.6. The van der Waals surface area contributed by atoms with E-state index in [0.29, 0.717) is 17.8 Å². The molecule has 0 spiro atoms. The van der Waals surface area contributed by atoms with Crippen molar-refractivity contribution in [2.24, 2.45) is 0 Å². The zero-order chi connectivity index (χ0) is 18.4. The molecule has 0 fully saturated rings. The van der Waals surface area contributed by atoms with E-state index in [0.717, 1.165) is 12.8 Å². The molecule has 0 radical (unpaired) electrons. The van der Waals surface area contributed by atoms with Gasteiger partial charge in [-0.15, -0.1) is 0 Å². The summed E-state index contributed by atoms with van der Waals surface area (Å²) in [4.78, 5) is 12.4. The third-order valence-electron chi connectivity index (χ3n) is 4.31. The van der Waals surface area contributed by atoms with Crippen molar-refractivity contribution in [3.05, 3.63) is 71.8 Å². The fraction of sp³-hybridized carbons (Fsp3) is 0.250. The lowest BCUT2D eigenvalue weighted by Crippen LogP contribution is -2.26. The topological polar surface area (TPSA) is 75.3 Å². The molecule has 1 amide bonds. The SMILES string of the molecule is O=C(NCC1=CCCCC1)c1ccc(NS(=O)(=O)c2ccccc2)cc1. The molecule has 0 atom stereocenters. The third kappa shape index (κ3) is 4.73. The molecule has 0 unspecified atom stereocenters. The van der Waals surface area contributed by atoms with E-state index in [1.807, 2.05) is 0 Å². The minimum atomic E-state index is -3.63. The number of benzene rings is 2. The van der Waals surface area contributed by atoms with Crippen LogP contribution in [0.2, 0.25) is 0 Å². The molecule has 136 valence electrons. The highest BCUT2D eigenvalue weighted by Gasteiger charge is 2.14. The van der Waals surface area contributed by atoms with Gasteiger partial charge in [-0.1, -0.05) is 29.8 Å². The van der Waals surface area contributed by atoms with Crippen LogP contribution in [0.25, 0.3) is 0 Å². The zero-order valence-electron chi connectivity index (χ0n) is 14.4. The van der Waals surface area contributed by atoms with Crippen LogP contribution < -0.4 is 10.0 Å². The van der Waals surface area contributed by atoms with Crippen LogP contribution in [0.3, 0.4) is 0 Å². The minimum absolute atomic E-state index is 0.158. The second-order valence-electron chi connectivity index (χ2n) is 6.29. The van der Waals surface area contributed by atoms with Crippen LogP contribution in [0.1, 0.15) is 36.0 Å². The van der Waals surface area contributed by atoms with Crippen LogP contribution in [-0.2, 0) is 10.0 Å². The normalized spacial score (nSPS) is 14.4. The van der Waals surface area contributed by atoms with E-state index in [2.05, 4.69) is 16.1 Å². The van der Waals surface area contributed by atoms with Crippen molar-refractivity contribution in [2.45, 2.75) is 30.6 Å².